The molecule has 1 saturated heterocycles. The lowest BCUT2D eigenvalue weighted by molar-refractivity contribution is 0.442. The minimum Gasteiger partial charge on any atom is -0.507 e. The summed E-state index contributed by atoms with van der Waals surface area (Å²) < 4.78 is 3.00. The molecule has 5 rings (SSSR count). The van der Waals surface area contributed by atoms with Crippen molar-refractivity contribution in [1.29, 1.82) is 0 Å². The van der Waals surface area contributed by atoms with Crippen LogP contribution in [0.3, 0.4) is 0 Å². The van der Waals surface area contributed by atoms with Gasteiger partial charge in [0.05, 0.1) is 22.6 Å². The van der Waals surface area contributed by atoms with E-state index in [0.29, 0.717) is 22.3 Å². The number of nitrogens with one attached hydrogen (secondary N) is 1. The number of piperidine rings is 1. The number of aromatic nitrogens is 3. The molecule has 1 aliphatic heterocycles. The molecule has 186 valence electrons. The first kappa shape index (κ1) is 24.2. The molecule has 0 saturated carbocycles. The van der Waals surface area contributed by atoms with E-state index in [1.165, 1.54) is 9.13 Å². The third-order valence-corrected chi connectivity index (χ3v) is 7.33. The average Bonchev–Trinajstić information content (AvgIpc) is 3.23. The molecule has 1 aliphatic rings. The number of pyridine rings is 1. The normalized spacial score (nSPS) is 14.4. The molecule has 0 bridgehead atoms. The second kappa shape index (κ2) is 9.84. The lowest BCUT2D eigenvalue weighted by Gasteiger charge is -2.33. The maximum Gasteiger partial charge on any atom is 0.332 e. The van der Waals surface area contributed by atoms with Gasteiger partial charge in [-0.2, -0.15) is 0 Å². The van der Waals surface area contributed by atoms with Gasteiger partial charge in [0.25, 0.3) is 0 Å². The standard InChI is InChI=1S/C28H30ClN5O2/c1-18-12-23(19-4-5-26(25(29)15-19)34-11-10-32(3)28(34)36)27(35)24(13-18)20-14-22(17-31-16-20)33-8-6-21(30-2)7-9-33/h4-5,10-17,21,30,35H,6-9H2,1-3H3. The van der Waals surface area contributed by atoms with Gasteiger partial charge in [-0.25, -0.2) is 4.79 Å². The van der Waals surface area contributed by atoms with E-state index < -0.39 is 0 Å². The quantitative estimate of drug-likeness (QED) is 0.410. The largest absolute Gasteiger partial charge is 0.507 e. The van der Waals surface area contributed by atoms with Crippen LogP contribution < -0.4 is 15.9 Å². The number of phenols is 1. The van der Waals surface area contributed by atoms with E-state index in [4.69, 9.17) is 11.6 Å². The number of aromatic hydroxyl groups is 1. The van der Waals surface area contributed by atoms with Crippen molar-refractivity contribution in [3.63, 3.8) is 0 Å². The molecule has 0 aliphatic carbocycles. The molecule has 1 fully saturated rings. The van der Waals surface area contributed by atoms with E-state index in [2.05, 4.69) is 21.3 Å². The molecule has 4 aromatic rings. The lowest BCUT2D eigenvalue weighted by atomic mass is 9.95. The van der Waals surface area contributed by atoms with Crippen LogP contribution in [-0.2, 0) is 7.05 Å². The van der Waals surface area contributed by atoms with Crippen molar-refractivity contribution in [1.82, 2.24) is 19.4 Å². The summed E-state index contributed by atoms with van der Waals surface area (Å²) in [6, 6.07) is 12.0. The van der Waals surface area contributed by atoms with Gasteiger partial charge in [0.15, 0.2) is 0 Å². The van der Waals surface area contributed by atoms with Crippen molar-refractivity contribution >= 4 is 17.3 Å². The number of imidazole rings is 1. The molecule has 2 N–H and O–H groups in total. The second-order valence-corrected chi connectivity index (χ2v) is 9.83. The molecule has 2 aromatic heterocycles. The summed E-state index contributed by atoms with van der Waals surface area (Å²) >= 11 is 6.60. The van der Waals surface area contributed by atoms with Gasteiger partial charge in [0, 0.05) is 61.5 Å². The Hall–Kier alpha value is -3.55. The summed E-state index contributed by atoms with van der Waals surface area (Å²) in [5.41, 5.74) is 5.54. The Labute approximate surface area is 215 Å². The van der Waals surface area contributed by atoms with Crippen molar-refractivity contribution in [2.24, 2.45) is 7.05 Å². The highest BCUT2D eigenvalue weighted by molar-refractivity contribution is 6.32. The third kappa shape index (κ3) is 4.52. The summed E-state index contributed by atoms with van der Waals surface area (Å²) in [5.74, 6) is 0.175. The molecule has 8 heteroatoms. The molecule has 0 unspecified atom stereocenters. The van der Waals surface area contributed by atoms with Gasteiger partial charge in [-0.3, -0.25) is 9.55 Å². The second-order valence-electron chi connectivity index (χ2n) is 9.42. The fraction of sp³-hybridized carbons (Fsp3) is 0.286. The number of hydrogen-bond donors (Lipinski definition) is 2. The molecular weight excluding hydrogens is 474 g/mol. The number of hydrogen-bond acceptors (Lipinski definition) is 5. The third-order valence-electron chi connectivity index (χ3n) is 7.02. The monoisotopic (exact) mass is 503 g/mol. The summed E-state index contributed by atoms with van der Waals surface area (Å²) in [6.07, 6.45) is 9.24. The molecule has 2 aromatic carbocycles. The van der Waals surface area contributed by atoms with E-state index >= 15 is 0 Å². The van der Waals surface area contributed by atoms with Crippen LogP contribution in [0.4, 0.5) is 5.69 Å². The summed E-state index contributed by atoms with van der Waals surface area (Å²) in [5, 5.41) is 15.2. The zero-order valence-electron chi connectivity index (χ0n) is 20.7. The molecular formula is C28H30ClN5O2. The molecule has 0 radical (unpaired) electrons. The number of halogens is 1. The van der Waals surface area contributed by atoms with Crippen LogP contribution in [0.5, 0.6) is 5.75 Å². The molecule has 3 heterocycles. The highest BCUT2D eigenvalue weighted by atomic mass is 35.5. The first-order chi connectivity index (χ1) is 17.4. The maximum atomic E-state index is 12.4. The summed E-state index contributed by atoms with van der Waals surface area (Å²) in [7, 11) is 3.71. The fourth-order valence-electron chi connectivity index (χ4n) is 4.91. The Morgan fingerprint density at radius 1 is 1.03 bits per heavy atom. The van der Waals surface area contributed by atoms with E-state index in [9.17, 15) is 9.90 Å². The number of phenolic OH excluding ortho intramolecular Hbond substituents is 1. The van der Waals surface area contributed by atoms with E-state index in [1.807, 2.05) is 38.4 Å². The number of benzene rings is 2. The van der Waals surface area contributed by atoms with Gasteiger partial charge in [0.2, 0.25) is 0 Å². The molecule has 0 atom stereocenters. The number of anilines is 1. The van der Waals surface area contributed by atoms with Crippen LogP contribution in [0.15, 0.2) is 66.0 Å². The van der Waals surface area contributed by atoms with Crippen LogP contribution in [0.2, 0.25) is 5.02 Å². The Morgan fingerprint density at radius 3 is 2.39 bits per heavy atom. The summed E-state index contributed by atoms with van der Waals surface area (Å²) in [4.78, 5) is 19.2. The zero-order chi connectivity index (χ0) is 25.4. The minimum absolute atomic E-state index is 0.173. The van der Waals surface area contributed by atoms with Gasteiger partial charge in [0.1, 0.15) is 5.75 Å². The van der Waals surface area contributed by atoms with Crippen molar-refractivity contribution < 1.29 is 5.11 Å². The summed E-state index contributed by atoms with van der Waals surface area (Å²) in [6.45, 7) is 3.94. The first-order valence-corrected chi connectivity index (χ1v) is 12.5. The number of aryl methyl sites for hydroxylation is 2. The number of nitrogens with zero attached hydrogens (tertiary/aromatic N) is 4. The zero-order valence-corrected chi connectivity index (χ0v) is 21.5. The molecule has 0 amide bonds. The van der Waals surface area contributed by atoms with Crippen molar-refractivity contribution in [2.75, 3.05) is 25.0 Å². The highest BCUT2D eigenvalue weighted by Gasteiger charge is 2.20. The topological polar surface area (TPSA) is 75.3 Å². The Kier molecular flexibility index (Phi) is 6.60. The first-order valence-electron chi connectivity index (χ1n) is 12.1. The van der Waals surface area contributed by atoms with Gasteiger partial charge >= 0.3 is 5.69 Å². The van der Waals surface area contributed by atoms with Crippen molar-refractivity contribution in [3.8, 4) is 33.7 Å². The number of rotatable bonds is 5. The van der Waals surface area contributed by atoms with Gasteiger partial charge in [-0.05, 0) is 68.3 Å². The maximum absolute atomic E-state index is 12.4. The highest BCUT2D eigenvalue weighted by Crippen LogP contribution is 2.41. The van der Waals surface area contributed by atoms with E-state index in [-0.39, 0.29) is 11.4 Å². The van der Waals surface area contributed by atoms with Crippen molar-refractivity contribution in [3.05, 3.63) is 82.3 Å². The van der Waals surface area contributed by atoms with Crippen LogP contribution in [0, 0.1) is 6.92 Å². The van der Waals surface area contributed by atoms with Gasteiger partial charge in [-0.15, -0.1) is 0 Å². The van der Waals surface area contributed by atoms with Crippen LogP contribution in [0.25, 0.3) is 27.9 Å². The smallest absolute Gasteiger partial charge is 0.332 e. The van der Waals surface area contributed by atoms with Gasteiger partial charge in [-0.1, -0.05) is 17.7 Å². The van der Waals surface area contributed by atoms with Crippen molar-refractivity contribution in [2.45, 2.75) is 25.8 Å². The molecule has 36 heavy (non-hydrogen) atoms. The van der Waals surface area contributed by atoms with Crippen LogP contribution in [0.1, 0.15) is 18.4 Å². The fourth-order valence-corrected chi connectivity index (χ4v) is 5.18. The van der Waals surface area contributed by atoms with Crippen LogP contribution in [-0.4, -0.2) is 45.4 Å². The average molecular weight is 504 g/mol. The van der Waals surface area contributed by atoms with E-state index in [1.54, 1.807) is 37.8 Å². The molecule has 0 spiro atoms. The minimum atomic E-state index is -0.173. The van der Waals surface area contributed by atoms with Gasteiger partial charge < -0.3 is 19.9 Å². The Bertz CT molecular complexity index is 1470. The van der Waals surface area contributed by atoms with E-state index in [0.717, 1.165) is 53.9 Å². The SMILES string of the molecule is CNC1CCN(c2cncc(-c3cc(C)cc(-c4ccc(-n5ccn(C)c5=O)c(Cl)c4)c3O)c2)CC1. The predicted octanol–water partition coefficient (Wildman–Crippen LogP) is 4.76. The Balaban J connectivity index is 1.50. The lowest BCUT2D eigenvalue weighted by Crippen LogP contribution is -2.41. The Morgan fingerprint density at radius 2 is 1.75 bits per heavy atom. The predicted molar refractivity (Wildman–Crippen MR) is 145 cm³/mol. The molecule has 7 nitrogen and oxygen atoms in total. The van der Waals surface area contributed by atoms with Crippen LogP contribution >= 0.6 is 11.6 Å².